The van der Waals surface area contributed by atoms with Crippen molar-refractivity contribution in [3.05, 3.63) is 41.3 Å². The first-order chi connectivity index (χ1) is 9.45. The summed E-state index contributed by atoms with van der Waals surface area (Å²) in [4.78, 5) is 1.80. The van der Waals surface area contributed by atoms with E-state index in [1.807, 2.05) is 0 Å². The molecule has 2 rings (SSSR count). The van der Waals surface area contributed by atoms with Gasteiger partial charge in [0.25, 0.3) is 0 Å². The third kappa shape index (κ3) is 2.29. The molecule has 0 saturated heterocycles. The predicted octanol–water partition coefficient (Wildman–Crippen LogP) is 1.73. The molecule has 6 nitrogen and oxygen atoms in total. The maximum absolute atomic E-state index is 13.0. The van der Waals surface area contributed by atoms with Crippen molar-refractivity contribution >= 4 is 17.3 Å². The zero-order chi connectivity index (χ0) is 14.9. The first-order valence-corrected chi connectivity index (χ1v) is 5.96. The highest BCUT2D eigenvalue weighted by atomic mass is 19.1. The van der Waals surface area contributed by atoms with Crippen LogP contribution < -0.4 is 10.6 Å². The Morgan fingerprint density at radius 1 is 1.40 bits per heavy atom. The number of nitrogens with zero attached hydrogens (tertiary/aromatic N) is 4. The van der Waals surface area contributed by atoms with E-state index in [1.54, 1.807) is 42.7 Å². The number of nitrogens with two attached hydrogens (primary N) is 1. The van der Waals surface area contributed by atoms with Gasteiger partial charge in [-0.2, -0.15) is 5.10 Å². The molecule has 1 aromatic carbocycles. The summed E-state index contributed by atoms with van der Waals surface area (Å²) >= 11 is 0. The molecule has 0 amide bonds. The molecule has 1 aromatic heterocycles. The Kier molecular flexibility index (Phi) is 3.60. The topological polar surface area (TPSA) is 79.7 Å². The predicted molar refractivity (Wildman–Crippen MR) is 74.9 cm³/mol. The van der Waals surface area contributed by atoms with Crippen LogP contribution in [0.4, 0.5) is 15.9 Å². The zero-order valence-electron chi connectivity index (χ0n) is 11.5. The molecule has 0 spiro atoms. The number of aryl methyl sites for hydroxylation is 2. The summed E-state index contributed by atoms with van der Waals surface area (Å²) in [6, 6.07) is 6.04. The lowest BCUT2D eigenvalue weighted by Crippen LogP contribution is -2.21. The summed E-state index contributed by atoms with van der Waals surface area (Å²) in [7, 11) is 3.56. The van der Waals surface area contributed by atoms with Crippen molar-refractivity contribution in [3.63, 3.8) is 0 Å². The van der Waals surface area contributed by atoms with Crippen LogP contribution in [0.25, 0.3) is 0 Å². The van der Waals surface area contributed by atoms with E-state index in [-0.39, 0.29) is 11.7 Å². The fourth-order valence-electron chi connectivity index (χ4n) is 2.17. The average Bonchev–Trinajstić information content (AvgIpc) is 2.72. The van der Waals surface area contributed by atoms with Gasteiger partial charge in [-0.05, 0) is 31.2 Å². The molecule has 0 radical (unpaired) electrons. The zero-order valence-corrected chi connectivity index (χ0v) is 11.5. The van der Waals surface area contributed by atoms with Crippen LogP contribution in [0, 0.1) is 12.7 Å². The highest BCUT2D eigenvalue weighted by molar-refractivity contribution is 6.03. The monoisotopic (exact) mass is 277 g/mol. The second kappa shape index (κ2) is 5.20. The summed E-state index contributed by atoms with van der Waals surface area (Å²) < 4.78 is 14.6. The van der Waals surface area contributed by atoms with Crippen LogP contribution in [-0.2, 0) is 7.05 Å². The van der Waals surface area contributed by atoms with Crippen LogP contribution in [0.2, 0.25) is 0 Å². The van der Waals surface area contributed by atoms with E-state index in [0.717, 1.165) is 5.69 Å². The fourth-order valence-corrected chi connectivity index (χ4v) is 2.17. The lowest BCUT2D eigenvalue weighted by molar-refractivity contribution is 0.318. The number of benzene rings is 1. The van der Waals surface area contributed by atoms with Crippen molar-refractivity contribution in [1.29, 1.82) is 0 Å². The highest BCUT2D eigenvalue weighted by Gasteiger charge is 2.21. The quantitative estimate of drug-likeness (QED) is 0.387. The first kappa shape index (κ1) is 13.9. The maximum atomic E-state index is 13.0. The minimum absolute atomic E-state index is 0.0143. The molecule has 7 heteroatoms. The van der Waals surface area contributed by atoms with Crippen LogP contribution in [0.15, 0.2) is 29.4 Å². The fraction of sp³-hybridized carbons (Fsp3) is 0.231. The third-order valence-corrected chi connectivity index (χ3v) is 3.09. The SMILES string of the molecule is Cc1nn(C)c(N(C)c2ccc(F)cc2)c1C(N)=NO. The Morgan fingerprint density at radius 2 is 2.00 bits per heavy atom. The molecule has 0 saturated carbocycles. The molecule has 0 aliphatic heterocycles. The first-order valence-electron chi connectivity index (χ1n) is 5.96. The molecule has 1 heterocycles. The van der Waals surface area contributed by atoms with Crippen molar-refractivity contribution in [1.82, 2.24) is 9.78 Å². The van der Waals surface area contributed by atoms with Crippen LogP contribution in [-0.4, -0.2) is 27.9 Å². The molecule has 0 aliphatic rings. The van der Waals surface area contributed by atoms with Gasteiger partial charge in [0.2, 0.25) is 0 Å². The molecule has 0 atom stereocenters. The Balaban J connectivity index is 2.54. The number of anilines is 2. The summed E-state index contributed by atoms with van der Waals surface area (Å²) in [6.45, 7) is 1.77. The Hall–Kier alpha value is -2.57. The molecule has 106 valence electrons. The summed E-state index contributed by atoms with van der Waals surface area (Å²) in [5.74, 6) is 0.337. The van der Waals surface area contributed by atoms with Gasteiger partial charge in [-0.3, -0.25) is 4.68 Å². The second-order valence-corrected chi connectivity index (χ2v) is 4.43. The normalized spacial score (nSPS) is 11.7. The Labute approximate surface area is 115 Å². The van der Waals surface area contributed by atoms with E-state index < -0.39 is 0 Å². The van der Waals surface area contributed by atoms with E-state index in [2.05, 4.69) is 10.3 Å². The summed E-state index contributed by atoms with van der Waals surface area (Å²) in [6.07, 6.45) is 0. The molecule has 20 heavy (non-hydrogen) atoms. The molecule has 3 N–H and O–H groups in total. The maximum Gasteiger partial charge on any atom is 0.175 e. The third-order valence-electron chi connectivity index (χ3n) is 3.09. The lowest BCUT2D eigenvalue weighted by Gasteiger charge is -2.20. The lowest BCUT2D eigenvalue weighted by atomic mass is 10.2. The number of rotatable bonds is 3. The summed E-state index contributed by atoms with van der Waals surface area (Å²) in [5, 5.41) is 16.2. The Bertz CT molecular complexity index is 648. The number of aromatic nitrogens is 2. The van der Waals surface area contributed by atoms with Gasteiger partial charge in [0.15, 0.2) is 5.84 Å². The van der Waals surface area contributed by atoms with Crippen molar-refractivity contribution in [2.75, 3.05) is 11.9 Å². The minimum Gasteiger partial charge on any atom is -0.409 e. The number of hydrogen-bond acceptors (Lipinski definition) is 4. The summed E-state index contributed by atoms with van der Waals surface area (Å²) in [5.41, 5.74) is 7.66. The van der Waals surface area contributed by atoms with Gasteiger partial charge in [0, 0.05) is 19.8 Å². The molecular weight excluding hydrogens is 261 g/mol. The van der Waals surface area contributed by atoms with Gasteiger partial charge in [0.05, 0.1) is 11.3 Å². The van der Waals surface area contributed by atoms with E-state index >= 15 is 0 Å². The molecule has 0 aliphatic carbocycles. The largest absolute Gasteiger partial charge is 0.409 e. The van der Waals surface area contributed by atoms with E-state index in [4.69, 9.17) is 10.9 Å². The van der Waals surface area contributed by atoms with Crippen molar-refractivity contribution in [2.24, 2.45) is 17.9 Å². The van der Waals surface area contributed by atoms with E-state index in [9.17, 15) is 4.39 Å². The van der Waals surface area contributed by atoms with Crippen LogP contribution in [0.1, 0.15) is 11.3 Å². The molecule has 0 bridgehead atoms. The van der Waals surface area contributed by atoms with E-state index in [1.165, 1.54) is 12.1 Å². The number of halogens is 1. The van der Waals surface area contributed by atoms with Crippen LogP contribution >= 0.6 is 0 Å². The second-order valence-electron chi connectivity index (χ2n) is 4.43. The van der Waals surface area contributed by atoms with Crippen molar-refractivity contribution < 1.29 is 9.60 Å². The molecule has 0 unspecified atom stereocenters. The van der Waals surface area contributed by atoms with Crippen molar-refractivity contribution in [3.8, 4) is 0 Å². The highest BCUT2D eigenvalue weighted by Crippen LogP contribution is 2.28. The van der Waals surface area contributed by atoms with Crippen LogP contribution in [0.3, 0.4) is 0 Å². The van der Waals surface area contributed by atoms with Gasteiger partial charge in [-0.1, -0.05) is 5.16 Å². The number of hydrogen-bond donors (Lipinski definition) is 2. The van der Waals surface area contributed by atoms with Crippen LogP contribution in [0.5, 0.6) is 0 Å². The van der Waals surface area contributed by atoms with Gasteiger partial charge >= 0.3 is 0 Å². The average molecular weight is 277 g/mol. The van der Waals surface area contributed by atoms with E-state index in [0.29, 0.717) is 17.1 Å². The van der Waals surface area contributed by atoms with Gasteiger partial charge in [-0.15, -0.1) is 0 Å². The van der Waals surface area contributed by atoms with Gasteiger partial charge in [0.1, 0.15) is 11.6 Å². The molecule has 2 aromatic rings. The van der Waals surface area contributed by atoms with Gasteiger partial charge in [-0.25, -0.2) is 4.39 Å². The van der Waals surface area contributed by atoms with Gasteiger partial charge < -0.3 is 15.8 Å². The standard InChI is InChI=1S/C13H16FN5O/c1-8-11(12(15)17-20)13(19(3)16-8)18(2)10-6-4-9(14)5-7-10/h4-7,20H,1-3H3,(H2,15,17). The molecule has 0 fully saturated rings. The molecular formula is C13H16FN5O. The Morgan fingerprint density at radius 3 is 2.55 bits per heavy atom. The van der Waals surface area contributed by atoms with Crippen molar-refractivity contribution in [2.45, 2.75) is 6.92 Å². The smallest absolute Gasteiger partial charge is 0.175 e. The number of oxime groups is 1. The number of amidine groups is 1. The minimum atomic E-state index is -0.306.